The summed E-state index contributed by atoms with van der Waals surface area (Å²) in [5, 5.41) is 5.84. The van der Waals surface area contributed by atoms with Crippen molar-refractivity contribution in [3.8, 4) is 0 Å². The maximum absolute atomic E-state index is 11.1. The summed E-state index contributed by atoms with van der Waals surface area (Å²) in [4.78, 5) is 21.1. The Bertz CT molecular complexity index is 160. The number of aldehydes is 1. The van der Waals surface area contributed by atoms with Crippen LogP contribution in [0.5, 0.6) is 0 Å². The molecule has 0 aliphatic rings. The van der Waals surface area contributed by atoms with Crippen LogP contribution in [0.15, 0.2) is 0 Å². The van der Waals surface area contributed by atoms with Crippen LogP contribution in [0, 0.1) is 0 Å². The second-order valence-corrected chi connectivity index (χ2v) is 3.22. The molecule has 0 aliphatic carbocycles. The average Bonchev–Trinajstić information content (AvgIpc) is 2.19. The molecule has 0 aromatic heterocycles. The molecule has 0 unspecified atom stereocenters. The molecule has 0 heterocycles. The molecule has 0 radical (unpaired) electrons. The van der Waals surface area contributed by atoms with Crippen molar-refractivity contribution in [2.45, 2.75) is 32.1 Å². The van der Waals surface area contributed by atoms with E-state index in [4.69, 9.17) is 0 Å². The van der Waals surface area contributed by atoms with Crippen molar-refractivity contribution in [2.24, 2.45) is 0 Å². The fourth-order valence-electron chi connectivity index (χ4n) is 1.09. The summed E-state index contributed by atoms with van der Waals surface area (Å²) in [5.41, 5.74) is 0. The fraction of sp³-hybridized carbons (Fsp3) is 0.800. The third kappa shape index (κ3) is 9.19. The molecule has 0 saturated heterocycles. The summed E-state index contributed by atoms with van der Waals surface area (Å²) in [6.07, 6.45) is 4.56. The molecule has 0 aromatic carbocycles. The quantitative estimate of drug-likeness (QED) is 0.420. The van der Waals surface area contributed by atoms with E-state index in [2.05, 4.69) is 10.6 Å². The monoisotopic (exact) mass is 200 g/mol. The van der Waals surface area contributed by atoms with Crippen molar-refractivity contribution in [1.82, 2.24) is 10.6 Å². The van der Waals surface area contributed by atoms with Crippen LogP contribution in [-0.2, 0) is 9.59 Å². The number of unbranched alkanes of at least 4 members (excludes halogenated alkanes) is 2. The third-order valence-electron chi connectivity index (χ3n) is 1.90. The second kappa shape index (κ2) is 10.2. The van der Waals surface area contributed by atoms with Gasteiger partial charge in [0.15, 0.2) is 0 Å². The van der Waals surface area contributed by atoms with Gasteiger partial charge in [-0.05, 0) is 32.9 Å². The maximum Gasteiger partial charge on any atom is 0.219 e. The van der Waals surface area contributed by atoms with E-state index in [-0.39, 0.29) is 5.91 Å². The Labute approximate surface area is 85.4 Å². The smallest absolute Gasteiger partial charge is 0.219 e. The molecule has 0 rings (SSSR count). The lowest BCUT2D eigenvalue weighted by Crippen LogP contribution is -2.26. The topological polar surface area (TPSA) is 58.2 Å². The van der Waals surface area contributed by atoms with E-state index in [1.165, 1.54) is 0 Å². The van der Waals surface area contributed by atoms with Crippen molar-refractivity contribution in [1.29, 1.82) is 0 Å². The molecule has 14 heavy (non-hydrogen) atoms. The van der Waals surface area contributed by atoms with Crippen LogP contribution in [0.1, 0.15) is 32.1 Å². The summed E-state index contributed by atoms with van der Waals surface area (Å²) in [6, 6.07) is 0. The molecule has 1 amide bonds. The van der Waals surface area contributed by atoms with Gasteiger partial charge in [-0.1, -0.05) is 0 Å². The minimum atomic E-state index is 0.0898. The lowest BCUT2D eigenvalue weighted by molar-refractivity contribution is -0.121. The Balaban J connectivity index is 3.15. The van der Waals surface area contributed by atoms with Crippen molar-refractivity contribution in [3.63, 3.8) is 0 Å². The summed E-state index contributed by atoms with van der Waals surface area (Å²) in [5.74, 6) is 0.0898. The van der Waals surface area contributed by atoms with Gasteiger partial charge in [0.25, 0.3) is 0 Å². The van der Waals surface area contributed by atoms with E-state index in [1.807, 2.05) is 7.05 Å². The van der Waals surface area contributed by atoms with Gasteiger partial charge in [-0.3, -0.25) is 4.79 Å². The first-order valence-corrected chi connectivity index (χ1v) is 5.16. The highest BCUT2D eigenvalue weighted by Crippen LogP contribution is 1.97. The molecule has 2 N–H and O–H groups in total. The van der Waals surface area contributed by atoms with Crippen molar-refractivity contribution < 1.29 is 9.59 Å². The van der Waals surface area contributed by atoms with Gasteiger partial charge in [0.1, 0.15) is 6.29 Å². The number of amides is 1. The largest absolute Gasteiger partial charge is 0.356 e. The molecule has 0 fully saturated rings. The van der Waals surface area contributed by atoms with Crippen LogP contribution in [0.25, 0.3) is 0 Å². The van der Waals surface area contributed by atoms with Crippen molar-refractivity contribution >= 4 is 12.2 Å². The second-order valence-electron chi connectivity index (χ2n) is 3.22. The van der Waals surface area contributed by atoms with Crippen LogP contribution in [0.4, 0.5) is 0 Å². The SMILES string of the molecule is CNCCCNC(=O)CCCCC=O. The highest BCUT2D eigenvalue weighted by molar-refractivity contribution is 5.75. The van der Waals surface area contributed by atoms with Gasteiger partial charge in [0, 0.05) is 19.4 Å². The minimum Gasteiger partial charge on any atom is -0.356 e. The first-order chi connectivity index (χ1) is 6.81. The van der Waals surface area contributed by atoms with Gasteiger partial charge in [-0.2, -0.15) is 0 Å². The Morgan fingerprint density at radius 3 is 2.64 bits per heavy atom. The van der Waals surface area contributed by atoms with Crippen LogP contribution in [-0.4, -0.2) is 32.3 Å². The fourth-order valence-corrected chi connectivity index (χ4v) is 1.09. The van der Waals surface area contributed by atoms with E-state index >= 15 is 0 Å². The van der Waals surface area contributed by atoms with E-state index in [0.29, 0.717) is 12.8 Å². The predicted molar refractivity (Wildman–Crippen MR) is 56.1 cm³/mol. The van der Waals surface area contributed by atoms with Gasteiger partial charge >= 0.3 is 0 Å². The molecule has 0 aromatic rings. The van der Waals surface area contributed by atoms with Gasteiger partial charge in [-0.25, -0.2) is 0 Å². The van der Waals surface area contributed by atoms with E-state index in [0.717, 1.165) is 38.6 Å². The molecular weight excluding hydrogens is 180 g/mol. The zero-order chi connectivity index (χ0) is 10.6. The lowest BCUT2D eigenvalue weighted by atomic mass is 10.2. The van der Waals surface area contributed by atoms with Gasteiger partial charge in [0.05, 0.1) is 0 Å². The Morgan fingerprint density at radius 1 is 1.21 bits per heavy atom. The summed E-state index contributed by atoms with van der Waals surface area (Å²) < 4.78 is 0. The lowest BCUT2D eigenvalue weighted by Gasteiger charge is -2.03. The molecule has 0 spiro atoms. The zero-order valence-corrected chi connectivity index (χ0v) is 8.84. The summed E-state index contributed by atoms with van der Waals surface area (Å²) in [7, 11) is 1.89. The van der Waals surface area contributed by atoms with E-state index in [1.54, 1.807) is 0 Å². The molecule has 82 valence electrons. The number of carbonyl (C=O) groups excluding carboxylic acids is 2. The van der Waals surface area contributed by atoms with Crippen LogP contribution in [0.3, 0.4) is 0 Å². The van der Waals surface area contributed by atoms with Gasteiger partial charge in [-0.15, -0.1) is 0 Å². The number of carbonyl (C=O) groups is 2. The van der Waals surface area contributed by atoms with Crippen LogP contribution < -0.4 is 10.6 Å². The maximum atomic E-state index is 11.1. The molecule has 4 nitrogen and oxygen atoms in total. The standard InChI is InChI=1S/C10H20N2O2/c1-11-7-5-8-12-10(14)6-3-2-4-9-13/h9,11H,2-8H2,1H3,(H,12,14). The first kappa shape index (κ1) is 13.1. The number of nitrogens with one attached hydrogen (secondary N) is 2. The molecule has 0 bridgehead atoms. The summed E-state index contributed by atoms with van der Waals surface area (Å²) in [6.45, 7) is 1.65. The molecule has 0 atom stereocenters. The number of hydrogen-bond donors (Lipinski definition) is 2. The number of rotatable bonds is 9. The molecule has 4 heteroatoms. The molecular formula is C10H20N2O2. The van der Waals surface area contributed by atoms with E-state index < -0.39 is 0 Å². The normalized spacial score (nSPS) is 9.79. The Morgan fingerprint density at radius 2 is 2.00 bits per heavy atom. The average molecular weight is 200 g/mol. The highest BCUT2D eigenvalue weighted by atomic mass is 16.1. The van der Waals surface area contributed by atoms with Crippen molar-refractivity contribution in [3.05, 3.63) is 0 Å². The van der Waals surface area contributed by atoms with Crippen LogP contribution in [0.2, 0.25) is 0 Å². The van der Waals surface area contributed by atoms with Crippen LogP contribution >= 0.6 is 0 Å². The Kier molecular flexibility index (Phi) is 9.53. The Hall–Kier alpha value is -0.900. The van der Waals surface area contributed by atoms with E-state index in [9.17, 15) is 9.59 Å². The highest BCUT2D eigenvalue weighted by Gasteiger charge is 1.99. The van der Waals surface area contributed by atoms with Gasteiger partial charge in [0.2, 0.25) is 5.91 Å². The number of hydrogen-bond acceptors (Lipinski definition) is 3. The minimum absolute atomic E-state index is 0.0898. The zero-order valence-electron chi connectivity index (χ0n) is 8.84. The molecule has 0 saturated carbocycles. The third-order valence-corrected chi connectivity index (χ3v) is 1.90. The molecule has 0 aliphatic heterocycles. The van der Waals surface area contributed by atoms with Crippen molar-refractivity contribution in [2.75, 3.05) is 20.1 Å². The predicted octanol–water partition coefficient (Wildman–Crippen LogP) is 0.471. The summed E-state index contributed by atoms with van der Waals surface area (Å²) >= 11 is 0. The van der Waals surface area contributed by atoms with Gasteiger partial charge < -0.3 is 15.4 Å². The first-order valence-electron chi connectivity index (χ1n) is 5.16.